The number of nitrogens with one attached hydrogen (secondary N) is 2. The molecule has 0 radical (unpaired) electrons. The summed E-state index contributed by atoms with van der Waals surface area (Å²) in [7, 11) is 0. The fourth-order valence-corrected chi connectivity index (χ4v) is 3.28. The first-order valence-electron chi connectivity index (χ1n) is 9.71. The number of amides is 3. The summed E-state index contributed by atoms with van der Waals surface area (Å²) in [6, 6.07) is 15.8. The largest absolute Gasteiger partial charge is 0.368 e. The second-order valence-electron chi connectivity index (χ2n) is 7.41. The summed E-state index contributed by atoms with van der Waals surface area (Å²) < 4.78 is 0. The standard InChI is InChI=1S/C22H28N4O2/c1-16(2)18-4-6-20(7-5-18)24-22(28)26-14-12-25(13-15-26)21-10-8-19(9-11-21)23-17(3)27/h4-11,16H,12-15H2,1-3H3,(H,23,27)(H,24,28). The predicted molar refractivity (Wildman–Crippen MR) is 114 cm³/mol. The van der Waals surface area contributed by atoms with Gasteiger partial charge in [-0.1, -0.05) is 26.0 Å². The summed E-state index contributed by atoms with van der Waals surface area (Å²) in [6.07, 6.45) is 0. The average Bonchev–Trinajstić information content (AvgIpc) is 2.68. The molecule has 28 heavy (non-hydrogen) atoms. The predicted octanol–water partition coefficient (Wildman–Crippen LogP) is 4.12. The molecule has 0 spiro atoms. The van der Waals surface area contributed by atoms with Gasteiger partial charge >= 0.3 is 6.03 Å². The summed E-state index contributed by atoms with van der Waals surface area (Å²) in [5, 5.41) is 5.76. The van der Waals surface area contributed by atoms with Crippen LogP contribution in [0.1, 0.15) is 32.3 Å². The van der Waals surface area contributed by atoms with E-state index in [9.17, 15) is 9.59 Å². The van der Waals surface area contributed by atoms with Gasteiger partial charge in [-0.25, -0.2) is 4.79 Å². The maximum atomic E-state index is 12.5. The number of hydrogen-bond acceptors (Lipinski definition) is 3. The van der Waals surface area contributed by atoms with E-state index in [1.54, 1.807) is 0 Å². The Bertz CT molecular complexity index is 807. The molecule has 1 heterocycles. The number of nitrogens with zero attached hydrogens (tertiary/aromatic N) is 2. The lowest BCUT2D eigenvalue weighted by atomic mass is 10.0. The van der Waals surface area contributed by atoms with Crippen LogP contribution in [0, 0.1) is 0 Å². The Hall–Kier alpha value is -3.02. The van der Waals surface area contributed by atoms with E-state index in [4.69, 9.17) is 0 Å². The van der Waals surface area contributed by atoms with Crippen molar-refractivity contribution in [2.75, 3.05) is 41.7 Å². The van der Waals surface area contributed by atoms with E-state index >= 15 is 0 Å². The van der Waals surface area contributed by atoms with Crippen molar-refractivity contribution in [1.29, 1.82) is 0 Å². The van der Waals surface area contributed by atoms with Crippen molar-refractivity contribution in [3.8, 4) is 0 Å². The number of rotatable bonds is 4. The fraction of sp³-hybridized carbons (Fsp3) is 0.364. The first-order valence-corrected chi connectivity index (χ1v) is 9.71. The molecule has 0 aliphatic carbocycles. The third-order valence-electron chi connectivity index (χ3n) is 4.95. The van der Waals surface area contributed by atoms with E-state index in [1.165, 1.54) is 12.5 Å². The molecule has 0 saturated carbocycles. The van der Waals surface area contributed by atoms with Gasteiger partial charge in [0.2, 0.25) is 5.91 Å². The van der Waals surface area contributed by atoms with Crippen molar-refractivity contribution in [2.45, 2.75) is 26.7 Å². The highest BCUT2D eigenvalue weighted by Crippen LogP contribution is 2.21. The Kier molecular flexibility index (Phi) is 6.19. The first kappa shape index (κ1) is 19.7. The van der Waals surface area contributed by atoms with Gasteiger partial charge < -0.3 is 20.4 Å². The molecule has 0 atom stereocenters. The van der Waals surface area contributed by atoms with Crippen molar-refractivity contribution in [2.24, 2.45) is 0 Å². The third kappa shape index (κ3) is 5.03. The van der Waals surface area contributed by atoms with Crippen LogP contribution < -0.4 is 15.5 Å². The van der Waals surface area contributed by atoms with E-state index in [0.717, 1.165) is 30.2 Å². The lowest BCUT2D eigenvalue weighted by Crippen LogP contribution is -2.50. The third-order valence-corrected chi connectivity index (χ3v) is 4.95. The van der Waals surface area contributed by atoms with Gasteiger partial charge in [-0.05, 0) is 47.9 Å². The Labute approximate surface area is 166 Å². The highest BCUT2D eigenvalue weighted by molar-refractivity contribution is 5.90. The molecule has 148 valence electrons. The lowest BCUT2D eigenvalue weighted by Gasteiger charge is -2.36. The summed E-state index contributed by atoms with van der Waals surface area (Å²) in [5.74, 6) is 0.399. The summed E-state index contributed by atoms with van der Waals surface area (Å²) in [4.78, 5) is 27.7. The number of carbonyl (C=O) groups is 2. The molecule has 1 fully saturated rings. The van der Waals surface area contributed by atoms with E-state index < -0.39 is 0 Å². The van der Waals surface area contributed by atoms with Crippen molar-refractivity contribution in [1.82, 2.24) is 4.90 Å². The molecule has 3 rings (SSSR count). The van der Waals surface area contributed by atoms with Crippen LogP contribution in [0.3, 0.4) is 0 Å². The highest BCUT2D eigenvalue weighted by Gasteiger charge is 2.21. The maximum Gasteiger partial charge on any atom is 0.321 e. The number of urea groups is 1. The van der Waals surface area contributed by atoms with Crippen molar-refractivity contribution in [3.05, 3.63) is 54.1 Å². The second-order valence-corrected chi connectivity index (χ2v) is 7.41. The molecule has 1 aliphatic rings. The summed E-state index contributed by atoms with van der Waals surface area (Å²) in [6.45, 7) is 8.70. The van der Waals surface area contributed by atoms with E-state index in [1.807, 2.05) is 41.3 Å². The van der Waals surface area contributed by atoms with Crippen LogP contribution in [-0.2, 0) is 4.79 Å². The normalized spacial score (nSPS) is 14.1. The SMILES string of the molecule is CC(=O)Nc1ccc(N2CCN(C(=O)Nc3ccc(C(C)C)cc3)CC2)cc1. The van der Waals surface area contributed by atoms with Gasteiger partial charge in [0.15, 0.2) is 0 Å². The number of hydrogen-bond donors (Lipinski definition) is 2. The van der Waals surface area contributed by atoms with Gasteiger partial charge in [-0.3, -0.25) is 4.79 Å². The summed E-state index contributed by atoms with van der Waals surface area (Å²) >= 11 is 0. The molecule has 1 aliphatic heterocycles. The highest BCUT2D eigenvalue weighted by atomic mass is 16.2. The first-order chi connectivity index (χ1) is 13.4. The van der Waals surface area contributed by atoms with Crippen LogP contribution in [0.25, 0.3) is 0 Å². The quantitative estimate of drug-likeness (QED) is 0.838. The van der Waals surface area contributed by atoms with E-state index in [2.05, 4.69) is 41.5 Å². The minimum atomic E-state index is -0.0776. The molecule has 2 N–H and O–H groups in total. The zero-order valence-electron chi connectivity index (χ0n) is 16.7. The molecule has 6 nitrogen and oxygen atoms in total. The van der Waals surface area contributed by atoms with E-state index in [-0.39, 0.29) is 11.9 Å². The molecular formula is C22H28N4O2. The Morgan fingerprint density at radius 3 is 1.89 bits per heavy atom. The van der Waals surface area contributed by atoms with Gasteiger partial charge in [-0.2, -0.15) is 0 Å². The monoisotopic (exact) mass is 380 g/mol. The zero-order chi connectivity index (χ0) is 20.1. The van der Waals surface area contributed by atoms with E-state index in [0.29, 0.717) is 19.0 Å². The number of carbonyl (C=O) groups excluding carboxylic acids is 2. The second kappa shape index (κ2) is 8.78. The van der Waals surface area contributed by atoms with Crippen LogP contribution in [0.2, 0.25) is 0 Å². The zero-order valence-corrected chi connectivity index (χ0v) is 16.7. The molecule has 1 saturated heterocycles. The van der Waals surface area contributed by atoms with Gasteiger partial charge in [0, 0.05) is 50.2 Å². The lowest BCUT2D eigenvalue weighted by molar-refractivity contribution is -0.114. The number of piperazine rings is 1. The average molecular weight is 380 g/mol. The van der Waals surface area contributed by atoms with Crippen LogP contribution in [0.5, 0.6) is 0 Å². The molecule has 2 aromatic rings. The molecule has 2 aromatic carbocycles. The summed E-state index contributed by atoms with van der Waals surface area (Å²) in [5.41, 5.74) is 3.97. The number of anilines is 3. The van der Waals surface area contributed by atoms with Crippen LogP contribution in [0.4, 0.5) is 21.9 Å². The van der Waals surface area contributed by atoms with Crippen LogP contribution in [-0.4, -0.2) is 43.0 Å². The molecule has 0 unspecified atom stereocenters. The topological polar surface area (TPSA) is 64.7 Å². The molecule has 6 heteroatoms. The smallest absolute Gasteiger partial charge is 0.321 e. The van der Waals surface area contributed by atoms with Crippen LogP contribution in [0.15, 0.2) is 48.5 Å². The minimum Gasteiger partial charge on any atom is -0.368 e. The van der Waals surface area contributed by atoms with Gasteiger partial charge in [-0.15, -0.1) is 0 Å². The van der Waals surface area contributed by atoms with Crippen molar-refractivity contribution in [3.63, 3.8) is 0 Å². The van der Waals surface area contributed by atoms with Crippen molar-refractivity contribution < 1.29 is 9.59 Å². The van der Waals surface area contributed by atoms with Crippen molar-refractivity contribution >= 4 is 29.0 Å². The molecule has 0 aromatic heterocycles. The molecule has 3 amide bonds. The Morgan fingerprint density at radius 1 is 0.821 bits per heavy atom. The Morgan fingerprint density at radius 2 is 1.36 bits per heavy atom. The minimum absolute atomic E-state index is 0.0575. The Balaban J connectivity index is 1.51. The maximum absolute atomic E-state index is 12.5. The van der Waals surface area contributed by atoms with Gasteiger partial charge in [0.05, 0.1) is 0 Å². The number of benzene rings is 2. The molecule has 0 bridgehead atoms. The fourth-order valence-electron chi connectivity index (χ4n) is 3.28. The van der Waals surface area contributed by atoms with Gasteiger partial charge in [0.1, 0.15) is 0 Å². The van der Waals surface area contributed by atoms with Gasteiger partial charge in [0.25, 0.3) is 0 Å². The van der Waals surface area contributed by atoms with Crippen LogP contribution >= 0.6 is 0 Å². The molecular weight excluding hydrogens is 352 g/mol.